The van der Waals surface area contributed by atoms with Crippen LogP contribution in [0.15, 0.2) is 4.42 Å². The highest BCUT2D eigenvalue weighted by atomic mass is 32.1. The average Bonchev–Trinajstić information content (AvgIpc) is 3.12. The highest BCUT2D eigenvalue weighted by Crippen LogP contribution is 2.35. The Morgan fingerprint density at radius 1 is 1.22 bits per heavy atom. The summed E-state index contributed by atoms with van der Waals surface area (Å²) in [5.74, 6) is -0.168. The zero-order valence-electron chi connectivity index (χ0n) is 16.0. The normalized spacial score (nSPS) is 13.4. The lowest BCUT2D eigenvalue weighted by atomic mass is 9.94. The van der Waals surface area contributed by atoms with E-state index in [1.54, 1.807) is 13.8 Å². The number of amides is 1. The summed E-state index contributed by atoms with van der Waals surface area (Å²) < 4.78 is 10.9. The van der Waals surface area contributed by atoms with Crippen molar-refractivity contribution in [3.8, 4) is 0 Å². The van der Waals surface area contributed by atoms with Crippen molar-refractivity contribution in [2.24, 2.45) is 0 Å². The molecule has 0 spiro atoms. The molecule has 1 N–H and O–H groups in total. The van der Waals surface area contributed by atoms with Crippen LogP contribution in [0.2, 0.25) is 0 Å². The van der Waals surface area contributed by atoms with Crippen molar-refractivity contribution in [3.05, 3.63) is 38.7 Å². The summed E-state index contributed by atoms with van der Waals surface area (Å²) >= 11 is 1.34. The molecule has 3 rings (SSSR count). The Labute approximate surface area is 161 Å². The number of aryl methyl sites for hydroxylation is 2. The number of nitrogens with one attached hydrogen (secondary N) is 1. The van der Waals surface area contributed by atoms with E-state index < -0.39 is 11.9 Å². The van der Waals surface area contributed by atoms with Crippen LogP contribution in [0, 0.1) is 13.8 Å². The van der Waals surface area contributed by atoms with Crippen molar-refractivity contribution in [1.29, 1.82) is 0 Å². The van der Waals surface area contributed by atoms with Gasteiger partial charge in [0.1, 0.15) is 10.8 Å². The zero-order valence-corrected chi connectivity index (χ0v) is 16.8. The lowest BCUT2D eigenvalue weighted by Crippen LogP contribution is -2.16. The van der Waals surface area contributed by atoms with E-state index in [2.05, 4.69) is 5.32 Å². The van der Waals surface area contributed by atoms with Crippen molar-refractivity contribution in [1.82, 2.24) is 0 Å². The number of esters is 1. The van der Waals surface area contributed by atoms with Gasteiger partial charge in [0.15, 0.2) is 11.5 Å². The lowest BCUT2D eigenvalue weighted by molar-refractivity contribution is 0.0526. The highest BCUT2D eigenvalue weighted by Gasteiger charge is 2.30. The molecule has 6 nitrogen and oxygen atoms in total. The van der Waals surface area contributed by atoms with E-state index in [-0.39, 0.29) is 18.2 Å². The topological polar surface area (TPSA) is 85.6 Å². The largest absolute Gasteiger partial charge is 0.462 e. The smallest absolute Gasteiger partial charge is 0.341 e. The number of carbonyl (C=O) groups excluding carboxylic acids is 3. The molecule has 1 amide bonds. The number of fused-ring (bicyclic) bond motifs is 1. The van der Waals surface area contributed by atoms with Gasteiger partial charge in [-0.25, -0.2) is 4.79 Å². The van der Waals surface area contributed by atoms with E-state index in [9.17, 15) is 14.4 Å². The van der Waals surface area contributed by atoms with E-state index in [1.165, 1.54) is 11.3 Å². The van der Waals surface area contributed by atoms with Gasteiger partial charge in [0, 0.05) is 23.3 Å². The molecular formula is C20H23NO5S. The molecule has 0 atom stereocenters. The maximum absolute atomic E-state index is 12.8. The third kappa shape index (κ3) is 3.43. The van der Waals surface area contributed by atoms with Crippen molar-refractivity contribution in [3.63, 3.8) is 0 Å². The van der Waals surface area contributed by atoms with Gasteiger partial charge in [-0.05, 0) is 39.2 Å². The summed E-state index contributed by atoms with van der Waals surface area (Å²) in [6.45, 7) is 7.60. The molecule has 0 radical (unpaired) electrons. The summed E-state index contributed by atoms with van der Waals surface area (Å²) in [6.07, 6.45) is 2.53. The first-order valence-corrected chi connectivity index (χ1v) is 9.96. The molecule has 7 heteroatoms. The van der Waals surface area contributed by atoms with E-state index in [0.717, 1.165) is 16.9 Å². The molecule has 0 fully saturated rings. The van der Waals surface area contributed by atoms with Gasteiger partial charge in [-0.1, -0.05) is 6.92 Å². The summed E-state index contributed by atoms with van der Waals surface area (Å²) in [5, 5.41) is 3.25. The number of carbonyl (C=O) groups is 3. The fourth-order valence-corrected chi connectivity index (χ4v) is 4.66. The first-order valence-electron chi connectivity index (χ1n) is 9.15. The zero-order chi connectivity index (χ0) is 19.7. The van der Waals surface area contributed by atoms with Crippen LogP contribution < -0.4 is 5.32 Å². The van der Waals surface area contributed by atoms with Gasteiger partial charge >= 0.3 is 5.97 Å². The minimum absolute atomic E-state index is 0.0176. The summed E-state index contributed by atoms with van der Waals surface area (Å²) in [5.41, 5.74) is 2.38. The van der Waals surface area contributed by atoms with Crippen molar-refractivity contribution < 1.29 is 23.5 Å². The molecule has 27 heavy (non-hydrogen) atoms. The maximum Gasteiger partial charge on any atom is 0.341 e. The van der Waals surface area contributed by atoms with E-state index in [0.29, 0.717) is 46.7 Å². The number of furan rings is 1. The molecule has 2 heterocycles. The molecule has 0 saturated heterocycles. The van der Waals surface area contributed by atoms with Crippen molar-refractivity contribution in [2.75, 3.05) is 11.9 Å². The van der Waals surface area contributed by atoms with Gasteiger partial charge in [-0.2, -0.15) is 0 Å². The Balaban J connectivity index is 1.96. The first kappa shape index (κ1) is 19.4. The number of ether oxygens (including phenoxy) is 1. The third-order valence-corrected chi connectivity index (χ3v) is 5.84. The maximum atomic E-state index is 12.8. The quantitative estimate of drug-likeness (QED) is 0.763. The standard InChI is InChI=1S/C20H23NO5S/c1-5-12-11(4)27-19(16(12)20(24)25-6-2)21-18(23)17-10(3)15-13(22)8-7-9-14(15)26-17/h5-9H2,1-4H3,(H,21,23). The van der Waals surface area contributed by atoms with Crippen LogP contribution in [-0.2, 0) is 17.6 Å². The minimum Gasteiger partial charge on any atom is -0.462 e. The monoisotopic (exact) mass is 389 g/mol. The molecule has 2 aromatic rings. The molecule has 0 aliphatic heterocycles. The Bertz CT molecular complexity index is 921. The fourth-order valence-electron chi connectivity index (χ4n) is 3.54. The van der Waals surface area contributed by atoms with Crippen LogP contribution >= 0.6 is 11.3 Å². The number of anilines is 1. The number of ketones is 1. The van der Waals surface area contributed by atoms with Gasteiger partial charge < -0.3 is 14.5 Å². The molecule has 0 bridgehead atoms. The van der Waals surface area contributed by atoms with Gasteiger partial charge in [0.25, 0.3) is 5.91 Å². The molecule has 0 saturated carbocycles. The predicted octanol–water partition coefficient (Wildman–Crippen LogP) is 4.47. The van der Waals surface area contributed by atoms with Crippen LogP contribution in [0.4, 0.5) is 5.00 Å². The van der Waals surface area contributed by atoms with E-state index >= 15 is 0 Å². The number of thiophene rings is 1. The summed E-state index contributed by atoms with van der Waals surface area (Å²) in [4.78, 5) is 38.4. The Morgan fingerprint density at radius 3 is 2.59 bits per heavy atom. The molecule has 0 aromatic carbocycles. The third-order valence-electron chi connectivity index (χ3n) is 4.78. The van der Waals surface area contributed by atoms with Gasteiger partial charge in [0.2, 0.25) is 0 Å². The SMILES string of the molecule is CCOC(=O)c1c(NC(=O)c2oc3c(c2C)C(=O)CCC3)sc(C)c1CC. The number of Topliss-reactive ketones (excluding diaryl/α,β-unsaturated/α-hetero) is 1. The van der Waals surface area contributed by atoms with Gasteiger partial charge in [-0.15, -0.1) is 11.3 Å². The molecular weight excluding hydrogens is 366 g/mol. The van der Waals surface area contributed by atoms with E-state index in [1.807, 2.05) is 13.8 Å². The lowest BCUT2D eigenvalue weighted by Gasteiger charge is -2.07. The first-order chi connectivity index (χ1) is 12.9. The number of hydrogen-bond acceptors (Lipinski definition) is 6. The van der Waals surface area contributed by atoms with Crippen LogP contribution in [0.3, 0.4) is 0 Å². The van der Waals surface area contributed by atoms with Gasteiger partial charge in [-0.3, -0.25) is 9.59 Å². The second-order valence-electron chi connectivity index (χ2n) is 6.50. The molecule has 2 aromatic heterocycles. The van der Waals surface area contributed by atoms with Crippen molar-refractivity contribution in [2.45, 2.75) is 53.4 Å². The van der Waals surface area contributed by atoms with Crippen LogP contribution in [0.1, 0.15) is 79.7 Å². The average molecular weight is 389 g/mol. The Kier molecular flexibility index (Phi) is 5.51. The summed E-state index contributed by atoms with van der Waals surface area (Å²) in [6, 6.07) is 0. The molecule has 1 aliphatic rings. The van der Waals surface area contributed by atoms with Gasteiger partial charge in [0.05, 0.1) is 17.7 Å². The molecule has 144 valence electrons. The van der Waals surface area contributed by atoms with Crippen molar-refractivity contribution >= 4 is 34.0 Å². The highest BCUT2D eigenvalue weighted by molar-refractivity contribution is 7.16. The van der Waals surface area contributed by atoms with E-state index in [4.69, 9.17) is 9.15 Å². The van der Waals surface area contributed by atoms with Crippen LogP contribution in [0.25, 0.3) is 0 Å². The Hall–Kier alpha value is -2.41. The fraction of sp³-hybridized carbons (Fsp3) is 0.450. The minimum atomic E-state index is -0.454. The Morgan fingerprint density at radius 2 is 1.96 bits per heavy atom. The summed E-state index contributed by atoms with van der Waals surface area (Å²) in [7, 11) is 0. The predicted molar refractivity (Wildman–Crippen MR) is 103 cm³/mol. The number of hydrogen-bond donors (Lipinski definition) is 1. The van der Waals surface area contributed by atoms with Crippen LogP contribution in [-0.4, -0.2) is 24.3 Å². The van der Waals surface area contributed by atoms with Crippen LogP contribution in [0.5, 0.6) is 0 Å². The second-order valence-corrected chi connectivity index (χ2v) is 7.72. The number of rotatable bonds is 5. The molecule has 1 aliphatic carbocycles. The second kappa shape index (κ2) is 7.68. The molecule has 0 unspecified atom stereocenters.